The van der Waals surface area contributed by atoms with Crippen LogP contribution in [0.1, 0.15) is 41.6 Å². The van der Waals surface area contributed by atoms with E-state index in [1.54, 1.807) is 12.0 Å². The fourth-order valence-corrected chi connectivity index (χ4v) is 4.62. The summed E-state index contributed by atoms with van der Waals surface area (Å²) in [5.41, 5.74) is 3.72. The third kappa shape index (κ3) is 3.67. The van der Waals surface area contributed by atoms with E-state index in [0.717, 1.165) is 18.5 Å². The summed E-state index contributed by atoms with van der Waals surface area (Å²) in [5.74, 6) is 0.942. The number of nitrogens with one attached hydrogen (secondary N) is 2. The van der Waals surface area contributed by atoms with Crippen molar-refractivity contribution < 1.29 is 9.53 Å². The Morgan fingerprint density at radius 2 is 1.94 bits per heavy atom. The lowest BCUT2D eigenvalue weighted by Gasteiger charge is -2.19. The molecule has 158 valence electrons. The number of fused-ring (bicyclic) bond motifs is 1. The van der Waals surface area contributed by atoms with Crippen molar-refractivity contribution in [2.75, 3.05) is 23.9 Å². The first-order valence-electron chi connectivity index (χ1n) is 10.5. The highest BCUT2D eigenvalue weighted by atomic mass is 16.5. The minimum Gasteiger partial charge on any atom is -0.495 e. The molecule has 2 heterocycles. The van der Waals surface area contributed by atoms with Gasteiger partial charge in [0.05, 0.1) is 24.5 Å². The lowest BCUT2D eigenvalue weighted by atomic mass is 10.0. The number of carbonyl (C=O) groups is 1. The summed E-state index contributed by atoms with van der Waals surface area (Å²) < 4.78 is 5.41. The van der Waals surface area contributed by atoms with Gasteiger partial charge in [-0.25, -0.2) is 4.98 Å². The second kappa shape index (κ2) is 7.91. The number of rotatable bonds is 5. The molecule has 0 bridgehead atoms. The largest absolute Gasteiger partial charge is 0.495 e. The van der Waals surface area contributed by atoms with E-state index < -0.39 is 0 Å². The number of methoxy groups -OCH3 is 1. The molecule has 1 aromatic heterocycles. The molecule has 2 aliphatic rings. The van der Waals surface area contributed by atoms with Gasteiger partial charge in [-0.1, -0.05) is 36.4 Å². The smallest absolute Gasteiger partial charge is 0.252 e. The minimum absolute atomic E-state index is 0.00388. The maximum absolute atomic E-state index is 12.8. The van der Waals surface area contributed by atoms with E-state index in [1.807, 2.05) is 36.4 Å². The van der Waals surface area contributed by atoms with Crippen LogP contribution < -0.4 is 20.5 Å². The predicted molar refractivity (Wildman–Crippen MR) is 119 cm³/mol. The summed E-state index contributed by atoms with van der Waals surface area (Å²) in [4.78, 5) is 34.3. The van der Waals surface area contributed by atoms with Crippen LogP contribution >= 0.6 is 0 Å². The standard InChI is InChI=1S/C24H24N4O3/c1-31-21-9-5-4-8-20(21)28-14-16(12-23(28)30)19-13-22(29)27-24(26-19)25-18-11-10-15-6-2-3-7-17(15)18/h2-9,13,16,18H,10-12,14H2,1H3,(H2,25,26,27,29). The van der Waals surface area contributed by atoms with E-state index in [0.29, 0.717) is 30.4 Å². The van der Waals surface area contributed by atoms with Gasteiger partial charge in [-0.05, 0) is 36.1 Å². The van der Waals surface area contributed by atoms with Gasteiger partial charge < -0.3 is 15.0 Å². The second-order valence-corrected chi connectivity index (χ2v) is 8.03. The van der Waals surface area contributed by atoms with Gasteiger partial charge in [-0.3, -0.25) is 14.6 Å². The average molecular weight is 416 g/mol. The molecule has 7 heteroatoms. The first-order chi connectivity index (χ1) is 15.1. The van der Waals surface area contributed by atoms with E-state index in [4.69, 9.17) is 4.74 Å². The number of aromatic nitrogens is 2. The molecule has 0 spiro atoms. The first-order valence-corrected chi connectivity index (χ1v) is 10.5. The fraction of sp³-hybridized carbons (Fsp3) is 0.292. The Morgan fingerprint density at radius 1 is 1.13 bits per heavy atom. The van der Waals surface area contributed by atoms with Crippen molar-refractivity contribution >= 4 is 17.5 Å². The van der Waals surface area contributed by atoms with Crippen LogP contribution in [-0.2, 0) is 11.2 Å². The highest BCUT2D eigenvalue weighted by Gasteiger charge is 2.34. The first kappa shape index (κ1) is 19.4. The van der Waals surface area contributed by atoms with E-state index in [1.165, 1.54) is 17.2 Å². The van der Waals surface area contributed by atoms with Gasteiger partial charge in [-0.2, -0.15) is 0 Å². The average Bonchev–Trinajstić information content (AvgIpc) is 3.37. The van der Waals surface area contributed by atoms with Gasteiger partial charge >= 0.3 is 0 Å². The third-order valence-corrected chi connectivity index (χ3v) is 6.12. The van der Waals surface area contributed by atoms with Crippen molar-refractivity contribution in [1.29, 1.82) is 0 Å². The number of hydrogen-bond donors (Lipinski definition) is 2. The van der Waals surface area contributed by atoms with Crippen molar-refractivity contribution in [2.24, 2.45) is 0 Å². The molecule has 0 saturated carbocycles. The van der Waals surface area contributed by atoms with Gasteiger partial charge in [0.25, 0.3) is 5.56 Å². The summed E-state index contributed by atoms with van der Waals surface area (Å²) in [5, 5.41) is 3.39. The number of ether oxygens (including phenoxy) is 1. The van der Waals surface area contributed by atoms with Crippen LogP contribution in [0.4, 0.5) is 11.6 Å². The van der Waals surface area contributed by atoms with Crippen LogP contribution in [0.3, 0.4) is 0 Å². The number of para-hydroxylation sites is 2. The molecular weight excluding hydrogens is 392 g/mol. The molecule has 2 aromatic carbocycles. The highest BCUT2D eigenvalue weighted by molar-refractivity contribution is 5.97. The molecule has 3 aromatic rings. The number of benzene rings is 2. The zero-order valence-corrected chi connectivity index (χ0v) is 17.3. The Kier molecular flexibility index (Phi) is 4.94. The lowest BCUT2D eigenvalue weighted by Crippen LogP contribution is -2.25. The molecule has 2 N–H and O–H groups in total. The summed E-state index contributed by atoms with van der Waals surface area (Å²) in [7, 11) is 1.59. The maximum atomic E-state index is 12.8. The van der Waals surface area contributed by atoms with Crippen LogP contribution in [0.15, 0.2) is 59.4 Å². The molecule has 1 saturated heterocycles. The van der Waals surface area contributed by atoms with Gasteiger partial charge in [0.1, 0.15) is 5.75 Å². The summed E-state index contributed by atoms with van der Waals surface area (Å²) in [6, 6.07) is 17.4. The van der Waals surface area contributed by atoms with Crippen molar-refractivity contribution in [3.63, 3.8) is 0 Å². The summed E-state index contributed by atoms with van der Waals surface area (Å²) in [6.45, 7) is 0.460. The normalized spacial score (nSPS) is 20.0. The molecule has 1 fully saturated rings. The van der Waals surface area contributed by atoms with Crippen LogP contribution in [0.25, 0.3) is 0 Å². The second-order valence-electron chi connectivity index (χ2n) is 8.03. The molecule has 2 unspecified atom stereocenters. The SMILES string of the molecule is COc1ccccc1N1CC(c2cc(=O)[nH]c(NC3CCc4ccccc43)n2)CC1=O. The molecule has 1 aliphatic carbocycles. The number of anilines is 2. The number of nitrogens with zero attached hydrogens (tertiary/aromatic N) is 2. The zero-order chi connectivity index (χ0) is 21.4. The number of aryl methyl sites for hydroxylation is 1. The molecule has 1 amide bonds. The number of amides is 1. The van der Waals surface area contributed by atoms with Crippen LogP contribution in [-0.4, -0.2) is 29.5 Å². The fourth-order valence-electron chi connectivity index (χ4n) is 4.62. The van der Waals surface area contributed by atoms with E-state index in [-0.39, 0.29) is 23.4 Å². The Bertz CT molecular complexity index is 1190. The molecule has 5 rings (SSSR count). The van der Waals surface area contributed by atoms with Crippen LogP contribution in [0.5, 0.6) is 5.75 Å². The van der Waals surface area contributed by atoms with Crippen molar-refractivity contribution in [3.8, 4) is 5.75 Å². The van der Waals surface area contributed by atoms with Gasteiger partial charge in [-0.15, -0.1) is 0 Å². The Morgan fingerprint density at radius 3 is 2.81 bits per heavy atom. The highest BCUT2D eigenvalue weighted by Crippen LogP contribution is 2.36. The van der Waals surface area contributed by atoms with Crippen molar-refractivity contribution in [2.45, 2.75) is 31.2 Å². The van der Waals surface area contributed by atoms with Crippen LogP contribution in [0.2, 0.25) is 0 Å². The number of hydrogen-bond acceptors (Lipinski definition) is 5. The molecular formula is C24H24N4O3. The minimum atomic E-state index is -0.220. The third-order valence-electron chi connectivity index (χ3n) is 6.12. The summed E-state index contributed by atoms with van der Waals surface area (Å²) in [6.07, 6.45) is 2.26. The Hall–Kier alpha value is -3.61. The van der Waals surface area contributed by atoms with Crippen molar-refractivity contribution in [3.05, 3.63) is 81.8 Å². The Balaban J connectivity index is 1.39. The summed E-state index contributed by atoms with van der Waals surface area (Å²) >= 11 is 0. The monoisotopic (exact) mass is 416 g/mol. The van der Waals surface area contributed by atoms with Crippen LogP contribution in [0, 0.1) is 0 Å². The lowest BCUT2D eigenvalue weighted by molar-refractivity contribution is -0.117. The molecule has 31 heavy (non-hydrogen) atoms. The molecule has 2 atom stereocenters. The predicted octanol–water partition coefficient (Wildman–Crippen LogP) is 3.40. The van der Waals surface area contributed by atoms with Crippen molar-refractivity contribution in [1.82, 2.24) is 9.97 Å². The molecule has 0 radical (unpaired) electrons. The zero-order valence-electron chi connectivity index (χ0n) is 17.3. The van der Waals surface area contributed by atoms with Gasteiger partial charge in [0.2, 0.25) is 11.9 Å². The molecule has 7 nitrogen and oxygen atoms in total. The van der Waals surface area contributed by atoms with E-state index in [9.17, 15) is 9.59 Å². The topological polar surface area (TPSA) is 87.3 Å². The molecule has 1 aliphatic heterocycles. The number of H-pyrrole nitrogens is 1. The van der Waals surface area contributed by atoms with E-state index >= 15 is 0 Å². The van der Waals surface area contributed by atoms with Gasteiger partial charge in [0, 0.05) is 24.9 Å². The number of carbonyl (C=O) groups excluding carboxylic acids is 1. The Labute approximate surface area is 180 Å². The number of aromatic amines is 1. The van der Waals surface area contributed by atoms with Gasteiger partial charge in [0.15, 0.2) is 0 Å². The van der Waals surface area contributed by atoms with E-state index in [2.05, 4.69) is 27.4 Å². The maximum Gasteiger partial charge on any atom is 0.252 e. The quantitative estimate of drug-likeness (QED) is 0.666.